The zero-order valence-electron chi connectivity index (χ0n) is 21.6. The summed E-state index contributed by atoms with van der Waals surface area (Å²) in [7, 11) is 0. The zero-order valence-corrected chi connectivity index (χ0v) is 21.6. The van der Waals surface area contributed by atoms with Gasteiger partial charge in [0.1, 0.15) is 5.82 Å². The SMILES string of the molecule is CCOC(=O)CCc1cc(C)ccc1[C@@H](C)OC[C@@H](O)CN1CCC[C@H]1Cc1ccc(C)c(F)c1. The molecule has 1 aliphatic heterocycles. The van der Waals surface area contributed by atoms with Crippen molar-refractivity contribution in [1.29, 1.82) is 0 Å². The maximum atomic E-state index is 14.0. The number of halogens is 1. The summed E-state index contributed by atoms with van der Waals surface area (Å²) in [5.74, 6) is -0.357. The molecule has 192 valence electrons. The van der Waals surface area contributed by atoms with E-state index in [0.717, 1.165) is 48.1 Å². The number of aliphatic hydroxyl groups excluding tert-OH is 1. The molecule has 1 aliphatic rings. The van der Waals surface area contributed by atoms with E-state index in [2.05, 4.69) is 11.0 Å². The number of carbonyl (C=O) groups excluding carboxylic acids is 1. The van der Waals surface area contributed by atoms with E-state index in [-0.39, 0.29) is 24.5 Å². The van der Waals surface area contributed by atoms with Crippen molar-refractivity contribution >= 4 is 5.97 Å². The second kappa shape index (κ2) is 13.1. The highest BCUT2D eigenvalue weighted by molar-refractivity contribution is 5.69. The van der Waals surface area contributed by atoms with Crippen LogP contribution in [0.5, 0.6) is 0 Å². The van der Waals surface area contributed by atoms with Crippen LogP contribution in [0.15, 0.2) is 36.4 Å². The lowest BCUT2D eigenvalue weighted by Crippen LogP contribution is -2.39. The highest BCUT2D eigenvalue weighted by Crippen LogP contribution is 2.25. The first kappa shape index (κ1) is 27.3. The van der Waals surface area contributed by atoms with Crippen molar-refractivity contribution in [2.45, 2.75) is 78.0 Å². The molecule has 0 aromatic heterocycles. The van der Waals surface area contributed by atoms with Gasteiger partial charge in [-0.25, -0.2) is 4.39 Å². The van der Waals surface area contributed by atoms with Crippen molar-refractivity contribution in [2.24, 2.45) is 0 Å². The van der Waals surface area contributed by atoms with Gasteiger partial charge in [-0.1, -0.05) is 35.9 Å². The van der Waals surface area contributed by atoms with Crippen LogP contribution in [0.4, 0.5) is 4.39 Å². The molecule has 6 heteroatoms. The van der Waals surface area contributed by atoms with Crippen LogP contribution in [0, 0.1) is 19.7 Å². The van der Waals surface area contributed by atoms with Crippen LogP contribution < -0.4 is 0 Å². The minimum atomic E-state index is -0.610. The first-order chi connectivity index (χ1) is 16.8. The first-order valence-electron chi connectivity index (χ1n) is 12.8. The van der Waals surface area contributed by atoms with Gasteiger partial charge in [0.25, 0.3) is 0 Å². The van der Waals surface area contributed by atoms with Crippen LogP contribution in [0.3, 0.4) is 0 Å². The van der Waals surface area contributed by atoms with Crippen LogP contribution in [0.2, 0.25) is 0 Å². The molecule has 3 rings (SSSR count). The number of carbonyl (C=O) groups is 1. The van der Waals surface area contributed by atoms with Gasteiger partial charge in [-0.15, -0.1) is 0 Å². The number of benzene rings is 2. The molecule has 0 saturated carbocycles. The molecule has 3 atom stereocenters. The van der Waals surface area contributed by atoms with Gasteiger partial charge >= 0.3 is 5.97 Å². The number of ether oxygens (including phenoxy) is 2. The molecule has 0 radical (unpaired) electrons. The lowest BCUT2D eigenvalue weighted by Gasteiger charge is -2.28. The Labute approximate surface area is 209 Å². The molecule has 0 spiro atoms. The lowest BCUT2D eigenvalue weighted by molar-refractivity contribution is -0.143. The van der Waals surface area contributed by atoms with Gasteiger partial charge in [0, 0.05) is 19.0 Å². The molecule has 2 aromatic carbocycles. The van der Waals surface area contributed by atoms with Crippen molar-refractivity contribution < 1.29 is 23.8 Å². The number of likely N-dealkylation sites (tertiary alicyclic amines) is 1. The Balaban J connectivity index is 1.53. The monoisotopic (exact) mass is 485 g/mol. The van der Waals surface area contributed by atoms with Gasteiger partial charge < -0.3 is 14.6 Å². The van der Waals surface area contributed by atoms with E-state index in [0.29, 0.717) is 37.6 Å². The molecule has 5 nitrogen and oxygen atoms in total. The van der Waals surface area contributed by atoms with Crippen molar-refractivity contribution in [3.8, 4) is 0 Å². The van der Waals surface area contributed by atoms with Gasteiger partial charge in [-0.2, -0.15) is 0 Å². The van der Waals surface area contributed by atoms with E-state index in [1.165, 1.54) is 0 Å². The Morgan fingerprint density at radius 3 is 2.77 bits per heavy atom. The summed E-state index contributed by atoms with van der Waals surface area (Å²) >= 11 is 0. The van der Waals surface area contributed by atoms with E-state index < -0.39 is 6.10 Å². The zero-order chi connectivity index (χ0) is 25.4. The predicted octanol–water partition coefficient (Wildman–Crippen LogP) is 5.08. The number of hydrogen-bond donors (Lipinski definition) is 1. The van der Waals surface area contributed by atoms with Crippen LogP contribution in [0.25, 0.3) is 0 Å². The van der Waals surface area contributed by atoms with Crippen LogP contribution in [0.1, 0.15) is 67.0 Å². The van der Waals surface area contributed by atoms with Gasteiger partial charge in [0.15, 0.2) is 0 Å². The third kappa shape index (κ3) is 8.13. The molecule has 0 bridgehead atoms. The number of aliphatic hydroxyl groups is 1. The Kier molecular flexibility index (Phi) is 10.3. The minimum absolute atomic E-state index is 0.160. The summed E-state index contributed by atoms with van der Waals surface area (Å²) < 4.78 is 25.1. The number of rotatable bonds is 12. The smallest absolute Gasteiger partial charge is 0.306 e. The summed E-state index contributed by atoms with van der Waals surface area (Å²) in [5, 5.41) is 10.7. The standard InChI is InChI=1S/C29H40FNO4/c1-5-34-29(33)13-11-24-15-20(2)8-12-27(24)22(4)35-19-26(32)18-31-14-6-7-25(31)16-23-10-9-21(3)28(30)17-23/h8-10,12,15,17,22,25-26,32H,5-7,11,13-14,16,18-19H2,1-4H3/t22-,25+,26+/m1/s1. The Hall–Kier alpha value is -2.28. The van der Waals surface area contributed by atoms with Gasteiger partial charge in [-0.05, 0) is 88.2 Å². The average molecular weight is 486 g/mol. The van der Waals surface area contributed by atoms with Crippen LogP contribution >= 0.6 is 0 Å². The van der Waals surface area contributed by atoms with E-state index in [4.69, 9.17) is 9.47 Å². The van der Waals surface area contributed by atoms with Crippen LogP contribution in [-0.4, -0.2) is 54.4 Å². The second-order valence-corrected chi connectivity index (χ2v) is 9.72. The fraction of sp³-hybridized carbons (Fsp3) is 0.552. The van der Waals surface area contributed by atoms with Crippen molar-refractivity contribution in [3.63, 3.8) is 0 Å². The van der Waals surface area contributed by atoms with E-state index in [9.17, 15) is 14.3 Å². The summed E-state index contributed by atoms with van der Waals surface area (Å²) in [4.78, 5) is 14.1. The van der Waals surface area contributed by atoms with Gasteiger partial charge in [-0.3, -0.25) is 9.69 Å². The molecule has 1 N–H and O–H groups in total. The maximum absolute atomic E-state index is 14.0. The third-order valence-electron chi connectivity index (χ3n) is 6.83. The molecular weight excluding hydrogens is 445 g/mol. The molecule has 0 unspecified atom stereocenters. The lowest BCUT2D eigenvalue weighted by atomic mass is 9.97. The topological polar surface area (TPSA) is 59.0 Å². The van der Waals surface area contributed by atoms with E-state index in [1.807, 2.05) is 45.0 Å². The molecule has 1 saturated heterocycles. The summed E-state index contributed by atoms with van der Waals surface area (Å²) in [6, 6.07) is 11.9. The number of aryl methyl sites for hydroxylation is 3. The highest BCUT2D eigenvalue weighted by Gasteiger charge is 2.27. The number of nitrogens with zero attached hydrogens (tertiary/aromatic N) is 1. The van der Waals surface area contributed by atoms with Crippen molar-refractivity contribution in [1.82, 2.24) is 4.90 Å². The molecular formula is C29H40FNO4. The fourth-order valence-electron chi connectivity index (χ4n) is 4.89. The third-order valence-corrected chi connectivity index (χ3v) is 6.83. The van der Waals surface area contributed by atoms with Crippen molar-refractivity contribution in [2.75, 3.05) is 26.3 Å². The quantitative estimate of drug-likeness (QED) is 0.425. The Morgan fingerprint density at radius 2 is 2.03 bits per heavy atom. The molecule has 35 heavy (non-hydrogen) atoms. The van der Waals surface area contributed by atoms with E-state index in [1.54, 1.807) is 13.0 Å². The van der Waals surface area contributed by atoms with Crippen LogP contribution in [-0.2, 0) is 27.1 Å². The second-order valence-electron chi connectivity index (χ2n) is 9.72. The molecule has 2 aromatic rings. The normalized spacial score (nSPS) is 17.9. The fourth-order valence-corrected chi connectivity index (χ4v) is 4.89. The number of β-amino-alcohol motifs (C(OH)–C–C–N with tert-alkyl or cyclic N) is 1. The average Bonchev–Trinajstić information content (AvgIpc) is 3.25. The molecule has 0 aliphatic carbocycles. The number of esters is 1. The summed E-state index contributed by atoms with van der Waals surface area (Å²) in [5.41, 5.74) is 4.90. The maximum Gasteiger partial charge on any atom is 0.306 e. The van der Waals surface area contributed by atoms with Gasteiger partial charge in [0.2, 0.25) is 0 Å². The Morgan fingerprint density at radius 1 is 1.23 bits per heavy atom. The first-order valence-corrected chi connectivity index (χ1v) is 12.8. The van der Waals surface area contributed by atoms with Crippen molar-refractivity contribution in [3.05, 3.63) is 70.0 Å². The molecule has 0 amide bonds. The predicted molar refractivity (Wildman–Crippen MR) is 136 cm³/mol. The largest absolute Gasteiger partial charge is 0.466 e. The molecule has 1 heterocycles. The number of hydrogen-bond acceptors (Lipinski definition) is 5. The Bertz CT molecular complexity index is 979. The minimum Gasteiger partial charge on any atom is -0.466 e. The van der Waals surface area contributed by atoms with E-state index >= 15 is 0 Å². The summed E-state index contributed by atoms with van der Waals surface area (Å²) in [6.07, 6.45) is 3.03. The van der Waals surface area contributed by atoms with Gasteiger partial charge in [0.05, 0.1) is 25.4 Å². The molecule has 1 fully saturated rings. The summed E-state index contributed by atoms with van der Waals surface area (Å²) in [6.45, 7) is 9.69. The highest BCUT2D eigenvalue weighted by atomic mass is 19.1.